The number of hydrogen-bond donors (Lipinski definition) is 2. The summed E-state index contributed by atoms with van der Waals surface area (Å²) in [7, 11) is -3.28. The summed E-state index contributed by atoms with van der Waals surface area (Å²) in [6, 6.07) is 5.81. The third-order valence-corrected chi connectivity index (χ3v) is 4.80. The predicted molar refractivity (Wildman–Crippen MR) is 82.7 cm³/mol. The zero-order valence-corrected chi connectivity index (χ0v) is 12.9. The van der Waals surface area contributed by atoms with E-state index < -0.39 is 9.84 Å². The second kappa shape index (κ2) is 6.01. The molecule has 0 saturated heterocycles. The van der Waals surface area contributed by atoms with Crippen LogP contribution in [0.1, 0.15) is 19.8 Å². The van der Waals surface area contributed by atoms with E-state index in [-0.39, 0.29) is 4.90 Å². The molecular formula is C14H23N3O2S. The van der Waals surface area contributed by atoms with E-state index in [1.54, 1.807) is 12.1 Å². The van der Waals surface area contributed by atoms with E-state index in [9.17, 15) is 8.42 Å². The van der Waals surface area contributed by atoms with Gasteiger partial charge in [0.05, 0.1) is 16.3 Å². The van der Waals surface area contributed by atoms with Gasteiger partial charge >= 0.3 is 0 Å². The van der Waals surface area contributed by atoms with Gasteiger partial charge < -0.3 is 11.1 Å². The fraction of sp³-hybridized carbons (Fsp3) is 0.571. The largest absolute Gasteiger partial charge is 0.396 e. The number of hydrogen-bond acceptors (Lipinski definition) is 5. The van der Waals surface area contributed by atoms with Crippen molar-refractivity contribution in [2.45, 2.75) is 30.7 Å². The highest BCUT2D eigenvalue weighted by atomic mass is 32.2. The van der Waals surface area contributed by atoms with E-state index in [1.807, 2.05) is 6.07 Å². The summed E-state index contributed by atoms with van der Waals surface area (Å²) < 4.78 is 23.2. The molecule has 0 spiro atoms. The van der Waals surface area contributed by atoms with Crippen LogP contribution in [0.25, 0.3) is 0 Å². The maximum Gasteiger partial charge on any atom is 0.177 e. The zero-order chi connectivity index (χ0) is 14.8. The molecule has 0 radical (unpaired) electrons. The molecule has 0 unspecified atom stereocenters. The molecule has 1 saturated carbocycles. The van der Waals surface area contributed by atoms with E-state index in [1.165, 1.54) is 19.1 Å². The average Bonchev–Trinajstić information content (AvgIpc) is 3.19. The van der Waals surface area contributed by atoms with E-state index >= 15 is 0 Å². The number of nitrogens with zero attached hydrogens (tertiary/aromatic N) is 1. The lowest BCUT2D eigenvalue weighted by atomic mass is 10.2. The van der Waals surface area contributed by atoms with Crippen molar-refractivity contribution in [2.75, 3.05) is 36.9 Å². The molecule has 0 aromatic heterocycles. The SMILES string of the molecule is CCN(CCNc1cccc(S(C)(=O)=O)c1N)C1CC1. The molecule has 0 amide bonds. The molecule has 112 valence electrons. The topological polar surface area (TPSA) is 75.4 Å². The van der Waals surface area contributed by atoms with Gasteiger partial charge in [-0.3, -0.25) is 4.90 Å². The quantitative estimate of drug-likeness (QED) is 0.747. The molecule has 1 aliphatic carbocycles. The molecule has 0 atom stereocenters. The molecule has 1 aliphatic rings. The van der Waals surface area contributed by atoms with E-state index in [4.69, 9.17) is 5.73 Å². The summed E-state index contributed by atoms with van der Waals surface area (Å²) in [4.78, 5) is 2.63. The van der Waals surface area contributed by atoms with Gasteiger partial charge in [0.2, 0.25) is 0 Å². The molecular weight excluding hydrogens is 274 g/mol. The highest BCUT2D eigenvalue weighted by Crippen LogP contribution is 2.28. The highest BCUT2D eigenvalue weighted by molar-refractivity contribution is 7.90. The van der Waals surface area contributed by atoms with Gasteiger partial charge in [-0.15, -0.1) is 0 Å². The first-order valence-corrected chi connectivity index (χ1v) is 8.89. The van der Waals surface area contributed by atoms with Crippen LogP contribution in [-0.4, -0.2) is 45.2 Å². The van der Waals surface area contributed by atoms with Crippen molar-refractivity contribution in [3.8, 4) is 0 Å². The lowest BCUT2D eigenvalue weighted by Gasteiger charge is -2.20. The Morgan fingerprint density at radius 2 is 2.10 bits per heavy atom. The van der Waals surface area contributed by atoms with Gasteiger partial charge in [-0.2, -0.15) is 0 Å². The Morgan fingerprint density at radius 1 is 1.40 bits per heavy atom. The van der Waals surface area contributed by atoms with Crippen LogP contribution in [0, 0.1) is 0 Å². The Morgan fingerprint density at radius 3 is 2.65 bits per heavy atom. The minimum Gasteiger partial charge on any atom is -0.396 e. The Kier molecular flexibility index (Phi) is 4.55. The number of likely N-dealkylation sites (N-methyl/N-ethyl adjacent to an activating group) is 1. The molecule has 1 aromatic rings. The summed E-state index contributed by atoms with van der Waals surface area (Å²) >= 11 is 0. The molecule has 2 rings (SSSR count). The van der Waals surface area contributed by atoms with Crippen LogP contribution < -0.4 is 11.1 Å². The molecule has 20 heavy (non-hydrogen) atoms. The first-order valence-electron chi connectivity index (χ1n) is 7.00. The predicted octanol–water partition coefficient (Wildman–Crippen LogP) is 1.57. The number of para-hydroxylation sites is 1. The molecule has 1 aromatic carbocycles. The summed E-state index contributed by atoms with van der Waals surface area (Å²) in [5.74, 6) is 0. The number of nitrogens with two attached hydrogens (primary N) is 1. The lowest BCUT2D eigenvalue weighted by molar-refractivity contribution is 0.289. The number of nitrogens with one attached hydrogen (secondary N) is 1. The summed E-state index contributed by atoms with van der Waals surface area (Å²) in [5.41, 5.74) is 6.94. The maximum absolute atomic E-state index is 11.6. The number of sulfone groups is 1. The van der Waals surface area contributed by atoms with Crippen molar-refractivity contribution >= 4 is 21.2 Å². The fourth-order valence-electron chi connectivity index (χ4n) is 2.39. The highest BCUT2D eigenvalue weighted by Gasteiger charge is 2.27. The Bertz CT molecular complexity index is 568. The van der Waals surface area contributed by atoms with Crippen LogP contribution in [0.3, 0.4) is 0 Å². The van der Waals surface area contributed by atoms with Gasteiger partial charge in [0.15, 0.2) is 9.84 Å². The smallest absolute Gasteiger partial charge is 0.177 e. The van der Waals surface area contributed by atoms with Crippen LogP contribution in [0.15, 0.2) is 23.1 Å². The second-order valence-corrected chi connectivity index (χ2v) is 7.26. The van der Waals surface area contributed by atoms with Crippen LogP contribution in [-0.2, 0) is 9.84 Å². The van der Waals surface area contributed by atoms with Crippen molar-refractivity contribution in [3.05, 3.63) is 18.2 Å². The minimum atomic E-state index is -3.28. The normalized spacial score (nSPS) is 15.6. The third-order valence-electron chi connectivity index (χ3n) is 3.65. The van der Waals surface area contributed by atoms with Crippen molar-refractivity contribution in [1.82, 2.24) is 4.90 Å². The van der Waals surface area contributed by atoms with Gasteiger partial charge in [0, 0.05) is 25.4 Å². The second-order valence-electron chi connectivity index (χ2n) is 5.28. The molecule has 3 N–H and O–H groups in total. The van der Waals surface area contributed by atoms with E-state index in [0.29, 0.717) is 11.4 Å². The Hall–Kier alpha value is -1.27. The molecule has 0 aliphatic heterocycles. The molecule has 0 bridgehead atoms. The number of nitrogen functional groups attached to an aromatic ring is 1. The third kappa shape index (κ3) is 3.64. The van der Waals surface area contributed by atoms with Crippen molar-refractivity contribution in [1.29, 1.82) is 0 Å². The molecule has 6 heteroatoms. The summed E-state index contributed by atoms with van der Waals surface area (Å²) in [5, 5.41) is 3.24. The van der Waals surface area contributed by atoms with Crippen LogP contribution in [0.2, 0.25) is 0 Å². The Balaban J connectivity index is 1.99. The standard InChI is InChI=1S/C14H23N3O2S/c1-3-17(11-7-8-11)10-9-16-12-5-4-6-13(14(12)15)20(2,18)19/h4-6,11,16H,3,7-10,15H2,1-2H3. The molecule has 5 nitrogen and oxygen atoms in total. The van der Waals surface area contributed by atoms with Gasteiger partial charge in [-0.1, -0.05) is 13.0 Å². The van der Waals surface area contributed by atoms with Crippen LogP contribution in [0.5, 0.6) is 0 Å². The van der Waals surface area contributed by atoms with E-state index in [0.717, 1.165) is 25.7 Å². The Labute approximate surface area is 121 Å². The van der Waals surface area contributed by atoms with Crippen LogP contribution >= 0.6 is 0 Å². The van der Waals surface area contributed by atoms with Gasteiger partial charge in [0.25, 0.3) is 0 Å². The molecule has 0 heterocycles. The maximum atomic E-state index is 11.6. The summed E-state index contributed by atoms with van der Waals surface area (Å²) in [6.45, 7) is 4.92. The molecule has 1 fully saturated rings. The van der Waals surface area contributed by atoms with Gasteiger partial charge in [-0.05, 0) is 31.5 Å². The fourth-order valence-corrected chi connectivity index (χ4v) is 3.23. The monoisotopic (exact) mass is 297 g/mol. The van der Waals surface area contributed by atoms with Gasteiger partial charge in [0.1, 0.15) is 0 Å². The first kappa shape index (κ1) is 15.1. The number of benzene rings is 1. The average molecular weight is 297 g/mol. The minimum absolute atomic E-state index is 0.192. The van der Waals surface area contributed by atoms with Gasteiger partial charge in [-0.25, -0.2) is 8.42 Å². The number of rotatable bonds is 7. The lowest BCUT2D eigenvalue weighted by Crippen LogP contribution is -2.31. The zero-order valence-electron chi connectivity index (χ0n) is 12.1. The van der Waals surface area contributed by atoms with E-state index in [2.05, 4.69) is 17.1 Å². The van der Waals surface area contributed by atoms with Crippen molar-refractivity contribution in [2.24, 2.45) is 0 Å². The van der Waals surface area contributed by atoms with Crippen molar-refractivity contribution < 1.29 is 8.42 Å². The number of anilines is 2. The van der Waals surface area contributed by atoms with Crippen molar-refractivity contribution in [3.63, 3.8) is 0 Å². The summed E-state index contributed by atoms with van der Waals surface area (Å²) in [6.07, 6.45) is 3.76. The first-order chi connectivity index (χ1) is 9.43. The van der Waals surface area contributed by atoms with Crippen LogP contribution in [0.4, 0.5) is 11.4 Å².